The summed E-state index contributed by atoms with van der Waals surface area (Å²) < 4.78 is 12.7. The van der Waals surface area contributed by atoms with Crippen LogP contribution >= 0.6 is 23.4 Å². The second-order valence-electron chi connectivity index (χ2n) is 3.09. The number of aliphatic hydroxyl groups excluding tert-OH is 2. The van der Waals surface area contributed by atoms with Gasteiger partial charge in [0.1, 0.15) is 5.82 Å². The molecule has 84 valence electrons. The highest BCUT2D eigenvalue weighted by Gasteiger charge is 2.05. The predicted octanol–water partition coefficient (Wildman–Crippen LogP) is 2.07. The lowest BCUT2D eigenvalue weighted by atomic mass is 10.2. The zero-order valence-electron chi connectivity index (χ0n) is 7.99. The van der Waals surface area contributed by atoms with Gasteiger partial charge in [-0.05, 0) is 17.7 Å². The Morgan fingerprint density at radius 1 is 1.47 bits per heavy atom. The number of halogens is 2. The van der Waals surface area contributed by atoms with Gasteiger partial charge in [-0.15, -0.1) is 0 Å². The maximum absolute atomic E-state index is 12.7. The Kier molecular flexibility index (Phi) is 5.39. The lowest BCUT2D eigenvalue weighted by Gasteiger charge is -2.07. The van der Waals surface area contributed by atoms with Crippen LogP contribution in [-0.4, -0.2) is 28.7 Å². The molecule has 1 aromatic rings. The largest absolute Gasteiger partial charge is 0.394 e. The number of thioether (sulfide) groups is 1. The molecule has 0 radical (unpaired) electrons. The topological polar surface area (TPSA) is 40.5 Å². The summed E-state index contributed by atoms with van der Waals surface area (Å²) >= 11 is 7.26. The minimum atomic E-state index is -0.714. The van der Waals surface area contributed by atoms with Crippen molar-refractivity contribution in [2.45, 2.75) is 11.9 Å². The first-order valence-corrected chi connectivity index (χ1v) is 5.97. The Labute approximate surface area is 97.1 Å². The van der Waals surface area contributed by atoms with E-state index in [1.807, 2.05) is 0 Å². The molecule has 0 aliphatic rings. The van der Waals surface area contributed by atoms with Crippen LogP contribution < -0.4 is 0 Å². The van der Waals surface area contributed by atoms with Crippen LogP contribution in [0.25, 0.3) is 0 Å². The first-order valence-electron chi connectivity index (χ1n) is 4.44. The van der Waals surface area contributed by atoms with E-state index >= 15 is 0 Å². The molecule has 0 amide bonds. The molecule has 0 aromatic heterocycles. The number of aliphatic hydroxyl groups is 2. The summed E-state index contributed by atoms with van der Waals surface area (Å²) in [7, 11) is 0. The molecule has 0 saturated heterocycles. The summed E-state index contributed by atoms with van der Waals surface area (Å²) in [5, 5.41) is 18.1. The fourth-order valence-corrected chi connectivity index (χ4v) is 2.28. The smallest absolute Gasteiger partial charge is 0.124 e. The summed E-state index contributed by atoms with van der Waals surface area (Å²) in [6.45, 7) is -0.246. The Bertz CT molecular complexity index is 322. The summed E-state index contributed by atoms with van der Waals surface area (Å²) in [5.74, 6) is 0.671. The molecule has 0 aliphatic heterocycles. The lowest BCUT2D eigenvalue weighted by molar-refractivity contribution is 0.113. The van der Waals surface area contributed by atoms with Crippen molar-refractivity contribution in [3.63, 3.8) is 0 Å². The molecule has 5 heteroatoms. The van der Waals surface area contributed by atoms with Crippen molar-refractivity contribution in [3.05, 3.63) is 34.6 Å². The third-order valence-electron chi connectivity index (χ3n) is 1.79. The normalized spacial score (nSPS) is 12.8. The molecule has 0 fully saturated rings. The summed E-state index contributed by atoms with van der Waals surface area (Å²) in [5.41, 5.74) is 0.827. The van der Waals surface area contributed by atoms with E-state index in [2.05, 4.69) is 0 Å². The van der Waals surface area contributed by atoms with E-state index in [0.717, 1.165) is 5.56 Å². The van der Waals surface area contributed by atoms with Crippen LogP contribution in [0.1, 0.15) is 5.56 Å². The molecule has 0 spiro atoms. The van der Waals surface area contributed by atoms with Gasteiger partial charge in [-0.2, -0.15) is 11.8 Å². The van der Waals surface area contributed by atoms with Crippen LogP contribution in [0.3, 0.4) is 0 Å². The van der Waals surface area contributed by atoms with Crippen LogP contribution in [0.2, 0.25) is 5.02 Å². The van der Waals surface area contributed by atoms with Crippen molar-refractivity contribution in [2.24, 2.45) is 0 Å². The van der Waals surface area contributed by atoms with Gasteiger partial charge < -0.3 is 10.2 Å². The molecule has 15 heavy (non-hydrogen) atoms. The van der Waals surface area contributed by atoms with Crippen molar-refractivity contribution in [3.8, 4) is 0 Å². The standard InChI is InChI=1S/C10H12ClFO2S/c11-10-3-8(12)2-1-7(10)5-15-6-9(14)4-13/h1-3,9,13-14H,4-6H2/t9-/m0/s1. The monoisotopic (exact) mass is 250 g/mol. The highest BCUT2D eigenvalue weighted by Crippen LogP contribution is 2.22. The molecular weight excluding hydrogens is 239 g/mol. The van der Waals surface area contributed by atoms with E-state index < -0.39 is 6.10 Å². The van der Waals surface area contributed by atoms with Crippen LogP contribution in [0, 0.1) is 5.82 Å². The van der Waals surface area contributed by atoms with E-state index in [0.29, 0.717) is 16.5 Å². The van der Waals surface area contributed by atoms with Gasteiger partial charge in [0.15, 0.2) is 0 Å². The molecule has 1 atom stereocenters. The van der Waals surface area contributed by atoms with Gasteiger partial charge in [-0.1, -0.05) is 17.7 Å². The zero-order chi connectivity index (χ0) is 11.3. The number of rotatable bonds is 5. The van der Waals surface area contributed by atoms with E-state index in [1.54, 1.807) is 6.07 Å². The zero-order valence-corrected chi connectivity index (χ0v) is 9.56. The molecular formula is C10H12ClFO2S. The van der Waals surface area contributed by atoms with Crippen molar-refractivity contribution < 1.29 is 14.6 Å². The lowest BCUT2D eigenvalue weighted by Crippen LogP contribution is -2.14. The molecule has 0 aliphatic carbocycles. The van der Waals surface area contributed by atoms with E-state index in [1.165, 1.54) is 23.9 Å². The van der Waals surface area contributed by atoms with E-state index in [4.69, 9.17) is 21.8 Å². The van der Waals surface area contributed by atoms with Crippen LogP contribution in [0.4, 0.5) is 4.39 Å². The van der Waals surface area contributed by atoms with Gasteiger partial charge in [0, 0.05) is 16.5 Å². The number of benzene rings is 1. The second-order valence-corrected chi connectivity index (χ2v) is 4.52. The third-order valence-corrected chi connectivity index (χ3v) is 3.28. The molecule has 0 bridgehead atoms. The fourth-order valence-electron chi connectivity index (χ4n) is 0.996. The Morgan fingerprint density at radius 3 is 2.80 bits per heavy atom. The van der Waals surface area contributed by atoms with E-state index in [9.17, 15) is 4.39 Å². The average molecular weight is 251 g/mol. The highest BCUT2D eigenvalue weighted by molar-refractivity contribution is 7.98. The number of hydrogen-bond acceptors (Lipinski definition) is 3. The maximum atomic E-state index is 12.7. The van der Waals surface area contributed by atoms with Gasteiger partial charge in [0.25, 0.3) is 0 Å². The summed E-state index contributed by atoms with van der Waals surface area (Å²) in [6.07, 6.45) is -0.714. The first-order chi connectivity index (χ1) is 7.13. The Morgan fingerprint density at radius 2 is 2.20 bits per heavy atom. The molecule has 0 saturated carbocycles. The van der Waals surface area contributed by atoms with Gasteiger partial charge in [-0.3, -0.25) is 0 Å². The van der Waals surface area contributed by atoms with Crippen molar-refractivity contribution >= 4 is 23.4 Å². The van der Waals surface area contributed by atoms with Crippen molar-refractivity contribution in [2.75, 3.05) is 12.4 Å². The Hall–Kier alpha value is -0.290. The minimum absolute atomic E-state index is 0.246. The van der Waals surface area contributed by atoms with Gasteiger partial charge in [0.05, 0.1) is 12.7 Å². The summed E-state index contributed by atoms with van der Waals surface area (Å²) in [6, 6.07) is 4.24. The van der Waals surface area contributed by atoms with Crippen LogP contribution in [0.15, 0.2) is 18.2 Å². The molecule has 1 aromatic carbocycles. The van der Waals surface area contributed by atoms with Gasteiger partial charge in [-0.25, -0.2) is 4.39 Å². The molecule has 2 N–H and O–H groups in total. The molecule has 0 unspecified atom stereocenters. The maximum Gasteiger partial charge on any atom is 0.124 e. The predicted molar refractivity (Wildman–Crippen MR) is 60.7 cm³/mol. The van der Waals surface area contributed by atoms with Gasteiger partial charge >= 0.3 is 0 Å². The van der Waals surface area contributed by atoms with Crippen molar-refractivity contribution in [1.82, 2.24) is 0 Å². The quantitative estimate of drug-likeness (QED) is 0.841. The highest BCUT2D eigenvalue weighted by atomic mass is 35.5. The fraction of sp³-hybridized carbons (Fsp3) is 0.400. The number of hydrogen-bond donors (Lipinski definition) is 2. The molecule has 2 nitrogen and oxygen atoms in total. The SMILES string of the molecule is OC[C@H](O)CSCc1ccc(F)cc1Cl. The molecule has 0 heterocycles. The first kappa shape index (κ1) is 12.8. The molecule has 1 rings (SSSR count). The van der Waals surface area contributed by atoms with Crippen LogP contribution in [-0.2, 0) is 5.75 Å². The second kappa shape index (κ2) is 6.33. The van der Waals surface area contributed by atoms with Crippen LogP contribution in [0.5, 0.6) is 0 Å². The van der Waals surface area contributed by atoms with Crippen molar-refractivity contribution in [1.29, 1.82) is 0 Å². The third kappa shape index (κ3) is 4.38. The summed E-state index contributed by atoms with van der Waals surface area (Å²) in [4.78, 5) is 0. The minimum Gasteiger partial charge on any atom is -0.394 e. The average Bonchev–Trinajstić information content (AvgIpc) is 2.21. The van der Waals surface area contributed by atoms with Gasteiger partial charge in [0.2, 0.25) is 0 Å². The van der Waals surface area contributed by atoms with E-state index in [-0.39, 0.29) is 12.4 Å². The Balaban J connectivity index is 2.44.